The van der Waals surface area contributed by atoms with Crippen LogP contribution in [0.2, 0.25) is 0 Å². The maximum absolute atomic E-state index is 14.1. The number of halogens is 2. The molecule has 180 valence electrons. The minimum Gasteiger partial charge on any atom is -0.441 e. The average Bonchev–Trinajstić information content (AvgIpc) is 3.69. The first-order valence-electron chi connectivity index (χ1n) is 11.7. The number of pyridine rings is 1. The molecule has 3 aliphatic rings. The van der Waals surface area contributed by atoms with Crippen LogP contribution in [-0.2, 0) is 4.74 Å². The molecule has 1 saturated heterocycles. The molecule has 0 spiro atoms. The third kappa shape index (κ3) is 4.69. The van der Waals surface area contributed by atoms with Gasteiger partial charge in [-0.15, -0.1) is 0 Å². The molecule has 2 saturated carbocycles. The predicted molar refractivity (Wildman–Crippen MR) is 122 cm³/mol. The van der Waals surface area contributed by atoms with E-state index in [0.717, 1.165) is 31.7 Å². The lowest BCUT2D eigenvalue weighted by atomic mass is 10.0. The molecule has 2 aromatic rings. The number of hydrogen-bond acceptors (Lipinski definition) is 5. The van der Waals surface area contributed by atoms with Crippen molar-refractivity contribution in [2.75, 3.05) is 18.0 Å². The van der Waals surface area contributed by atoms with Crippen molar-refractivity contribution in [1.82, 2.24) is 10.3 Å². The van der Waals surface area contributed by atoms with Crippen molar-refractivity contribution in [3.05, 3.63) is 47.7 Å². The summed E-state index contributed by atoms with van der Waals surface area (Å²) in [6, 6.07) is 4.96. The number of nitrogens with two attached hydrogens (primary N) is 1. The molecule has 1 aliphatic heterocycles. The third-order valence-corrected chi connectivity index (χ3v) is 6.96. The Balaban J connectivity index is 1.54. The molecule has 2 heterocycles. The number of aromatic nitrogens is 1. The molecule has 1 aromatic heterocycles. The molecular formula is C25H28F2N4O3. The monoisotopic (exact) mass is 470 g/mol. The van der Waals surface area contributed by atoms with E-state index in [2.05, 4.69) is 10.3 Å². The Kier molecular flexibility index (Phi) is 5.65. The van der Waals surface area contributed by atoms with E-state index in [4.69, 9.17) is 10.5 Å². The standard InChI is InChI=1S/C25H28F2N4O3/c1-25(34-24(28)33)7-9-31(13-25)22-19(23(32)30-20(14-2-3-14)15-4-5-15)6-8-29-21(22)16-10-17(26)12-18(27)11-16/h6,8,10-12,14-15,20H,2-5,7,9,13H2,1H3,(H2,28,33)(H,30,32). The fraction of sp³-hybridized carbons (Fsp3) is 0.480. The molecule has 5 rings (SSSR count). The third-order valence-electron chi connectivity index (χ3n) is 6.96. The number of benzene rings is 1. The normalized spacial score (nSPS) is 22.2. The van der Waals surface area contributed by atoms with E-state index >= 15 is 0 Å². The zero-order valence-corrected chi connectivity index (χ0v) is 19.0. The van der Waals surface area contributed by atoms with Gasteiger partial charge in [0.2, 0.25) is 0 Å². The molecule has 1 atom stereocenters. The second-order valence-electron chi connectivity index (χ2n) is 9.93. The summed E-state index contributed by atoms with van der Waals surface area (Å²) in [6.45, 7) is 2.49. The quantitative estimate of drug-likeness (QED) is 0.637. The summed E-state index contributed by atoms with van der Waals surface area (Å²) < 4.78 is 33.5. The van der Waals surface area contributed by atoms with Gasteiger partial charge in [0.05, 0.1) is 23.5 Å². The molecule has 2 amide bonds. The van der Waals surface area contributed by atoms with E-state index in [0.29, 0.717) is 41.7 Å². The zero-order valence-electron chi connectivity index (χ0n) is 19.0. The summed E-state index contributed by atoms with van der Waals surface area (Å²) >= 11 is 0. The number of carbonyl (C=O) groups is 2. The van der Waals surface area contributed by atoms with Crippen molar-refractivity contribution in [2.45, 2.75) is 50.7 Å². The Morgan fingerprint density at radius 1 is 1.18 bits per heavy atom. The number of amides is 2. The Morgan fingerprint density at radius 3 is 2.41 bits per heavy atom. The van der Waals surface area contributed by atoms with Crippen molar-refractivity contribution in [3.63, 3.8) is 0 Å². The highest BCUT2D eigenvalue weighted by molar-refractivity contribution is 6.03. The van der Waals surface area contributed by atoms with Crippen LogP contribution in [0.15, 0.2) is 30.5 Å². The summed E-state index contributed by atoms with van der Waals surface area (Å²) in [7, 11) is 0. The molecule has 1 unspecified atom stereocenters. The Hall–Kier alpha value is -3.23. The van der Waals surface area contributed by atoms with Crippen LogP contribution in [0.1, 0.15) is 49.4 Å². The minimum absolute atomic E-state index is 0.144. The molecule has 9 heteroatoms. The maximum Gasteiger partial charge on any atom is 0.405 e. The molecule has 0 radical (unpaired) electrons. The van der Waals surface area contributed by atoms with Gasteiger partial charge in [0.1, 0.15) is 17.2 Å². The average molecular weight is 471 g/mol. The topological polar surface area (TPSA) is 97.5 Å². The number of rotatable bonds is 7. The van der Waals surface area contributed by atoms with Crippen LogP contribution in [0.5, 0.6) is 0 Å². The first-order valence-corrected chi connectivity index (χ1v) is 11.7. The number of hydrogen-bond donors (Lipinski definition) is 2. The van der Waals surface area contributed by atoms with E-state index in [9.17, 15) is 18.4 Å². The smallest absolute Gasteiger partial charge is 0.405 e. The number of anilines is 1. The van der Waals surface area contributed by atoms with Crippen molar-refractivity contribution < 1.29 is 23.1 Å². The van der Waals surface area contributed by atoms with Crippen molar-refractivity contribution in [2.24, 2.45) is 17.6 Å². The predicted octanol–water partition coefficient (Wildman–Crippen LogP) is 4.01. The highest BCUT2D eigenvalue weighted by Gasteiger charge is 2.43. The molecule has 1 aromatic carbocycles. The number of carbonyl (C=O) groups excluding carboxylic acids is 2. The van der Waals surface area contributed by atoms with Gasteiger partial charge in [-0.1, -0.05) is 0 Å². The van der Waals surface area contributed by atoms with Gasteiger partial charge in [0.25, 0.3) is 5.91 Å². The first-order chi connectivity index (χ1) is 16.2. The van der Waals surface area contributed by atoms with Crippen LogP contribution in [0.3, 0.4) is 0 Å². The summed E-state index contributed by atoms with van der Waals surface area (Å²) in [6.07, 6.45) is 5.56. The van der Waals surface area contributed by atoms with Gasteiger partial charge >= 0.3 is 6.09 Å². The Labute approximate surface area is 196 Å². The van der Waals surface area contributed by atoms with Crippen LogP contribution in [-0.4, -0.2) is 41.7 Å². The fourth-order valence-corrected chi connectivity index (χ4v) is 5.07. The minimum atomic E-state index is -0.877. The molecule has 2 aliphatic carbocycles. The van der Waals surface area contributed by atoms with E-state index < -0.39 is 23.3 Å². The van der Waals surface area contributed by atoms with Gasteiger partial charge in [-0.05, 0) is 62.6 Å². The van der Waals surface area contributed by atoms with Gasteiger partial charge in [-0.3, -0.25) is 9.78 Å². The van der Waals surface area contributed by atoms with Gasteiger partial charge < -0.3 is 20.7 Å². The number of ether oxygens (including phenoxy) is 1. The molecule has 3 fully saturated rings. The summed E-state index contributed by atoms with van der Waals surface area (Å²) in [5.74, 6) is -0.675. The summed E-state index contributed by atoms with van der Waals surface area (Å²) in [4.78, 5) is 31.3. The van der Waals surface area contributed by atoms with E-state index in [1.807, 2.05) is 4.90 Å². The molecule has 3 N–H and O–H groups in total. The number of nitrogens with zero attached hydrogens (tertiary/aromatic N) is 2. The lowest BCUT2D eigenvalue weighted by molar-refractivity contribution is 0.0480. The molecule has 7 nitrogen and oxygen atoms in total. The van der Waals surface area contributed by atoms with Crippen molar-refractivity contribution >= 4 is 17.7 Å². The van der Waals surface area contributed by atoms with Crippen molar-refractivity contribution in [3.8, 4) is 11.3 Å². The van der Waals surface area contributed by atoms with Crippen LogP contribution >= 0.6 is 0 Å². The van der Waals surface area contributed by atoms with Gasteiger partial charge in [-0.2, -0.15) is 0 Å². The van der Waals surface area contributed by atoms with Crippen molar-refractivity contribution in [1.29, 1.82) is 0 Å². The maximum atomic E-state index is 14.1. The summed E-state index contributed by atoms with van der Waals surface area (Å²) in [5.41, 5.74) is 5.77. The lowest BCUT2D eigenvalue weighted by Crippen LogP contribution is -2.40. The first kappa shape index (κ1) is 22.6. The molecular weight excluding hydrogens is 442 g/mol. The van der Waals surface area contributed by atoms with Crippen LogP contribution in [0, 0.1) is 23.5 Å². The Morgan fingerprint density at radius 2 is 1.82 bits per heavy atom. The lowest BCUT2D eigenvalue weighted by Gasteiger charge is -2.28. The van der Waals surface area contributed by atoms with Crippen LogP contribution in [0.4, 0.5) is 19.3 Å². The fourth-order valence-electron chi connectivity index (χ4n) is 5.07. The second-order valence-corrected chi connectivity index (χ2v) is 9.93. The number of primary amides is 1. The second kappa shape index (κ2) is 8.52. The number of nitrogens with one attached hydrogen (secondary N) is 1. The van der Waals surface area contributed by atoms with E-state index in [1.165, 1.54) is 18.3 Å². The zero-order chi connectivity index (χ0) is 24.0. The van der Waals surface area contributed by atoms with Crippen LogP contribution in [0.25, 0.3) is 11.3 Å². The highest BCUT2D eigenvalue weighted by Crippen LogP contribution is 2.45. The van der Waals surface area contributed by atoms with E-state index in [1.54, 1.807) is 13.0 Å². The van der Waals surface area contributed by atoms with Gasteiger partial charge in [0.15, 0.2) is 0 Å². The Bertz CT molecular complexity index is 1100. The van der Waals surface area contributed by atoms with Gasteiger partial charge in [-0.25, -0.2) is 13.6 Å². The summed E-state index contributed by atoms with van der Waals surface area (Å²) in [5, 5.41) is 3.23. The van der Waals surface area contributed by atoms with Gasteiger partial charge in [0, 0.05) is 36.8 Å². The highest BCUT2D eigenvalue weighted by atomic mass is 19.1. The largest absolute Gasteiger partial charge is 0.441 e. The van der Waals surface area contributed by atoms with E-state index in [-0.39, 0.29) is 24.1 Å². The SMILES string of the molecule is CC1(OC(N)=O)CCN(c2c(C(=O)NC(C3CC3)C3CC3)ccnc2-c2cc(F)cc(F)c2)C1. The molecule has 34 heavy (non-hydrogen) atoms. The molecule has 0 bridgehead atoms. The van der Waals surface area contributed by atoms with Crippen LogP contribution < -0.4 is 16.0 Å².